The molecule has 0 atom stereocenters. The van der Waals surface area contributed by atoms with E-state index in [2.05, 4.69) is 15.3 Å². The number of carbonyl (C=O) groups excluding carboxylic acids is 2. The summed E-state index contributed by atoms with van der Waals surface area (Å²) in [5, 5.41) is 7.81. The first-order chi connectivity index (χ1) is 19.6. The van der Waals surface area contributed by atoms with Crippen LogP contribution in [0.25, 0.3) is 0 Å². The predicted octanol–water partition coefficient (Wildman–Crippen LogP) is 4.63. The number of nitrogens with one attached hydrogen (secondary N) is 1. The molecule has 0 bridgehead atoms. The number of carbonyl (C=O) groups is 2. The third-order valence-corrected chi connectivity index (χ3v) is 10.6. The van der Waals surface area contributed by atoms with Gasteiger partial charge in [-0.05, 0) is 87.7 Å². The van der Waals surface area contributed by atoms with Gasteiger partial charge in [0.15, 0.2) is 0 Å². The van der Waals surface area contributed by atoms with Crippen molar-refractivity contribution in [2.75, 3.05) is 29.8 Å². The molecule has 212 valence electrons. The molecule has 9 nitrogen and oxygen atoms in total. The molecule has 0 aliphatic carbocycles. The SMILES string of the molecule is Cc1cc(C)n(C(=O)c2c(NC(=O)c3ccc(S(=O)(=O)N4CCCc5ccccc54)cc3)sc3c2CCN(C)C3)n1. The normalized spacial score (nSPS) is 15.3. The molecular formula is C30H31N5O4S2. The van der Waals surface area contributed by atoms with Crippen molar-refractivity contribution in [2.24, 2.45) is 0 Å². The van der Waals surface area contributed by atoms with Crippen LogP contribution in [0.2, 0.25) is 0 Å². The zero-order valence-electron chi connectivity index (χ0n) is 23.2. The maximum atomic E-state index is 13.7. The van der Waals surface area contributed by atoms with Gasteiger partial charge in [-0.2, -0.15) is 5.10 Å². The molecule has 4 heterocycles. The smallest absolute Gasteiger partial charge is 0.281 e. The first kappa shape index (κ1) is 27.4. The molecule has 0 fully saturated rings. The molecule has 0 radical (unpaired) electrons. The van der Waals surface area contributed by atoms with Crippen molar-refractivity contribution in [3.63, 3.8) is 0 Å². The van der Waals surface area contributed by atoms with Crippen LogP contribution < -0.4 is 9.62 Å². The van der Waals surface area contributed by atoms with Crippen LogP contribution >= 0.6 is 11.3 Å². The van der Waals surface area contributed by atoms with Crippen molar-refractivity contribution in [1.82, 2.24) is 14.7 Å². The Kier molecular flexibility index (Phi) is 7.04. The minimum Gasteiger partial charge on any atom is -0.313 e. The number of rotatable bonds is 5. The molecule has 4 aromatic rings. The van der Waals surface area contributed by atoms with E-state index in [1.54, 1.807) is 0 Å². The molecule has 0 saturated carbocycles. The molecule has 2 aromatic carbocycles. The first-order valence-electron chi connectivity index (χ1n) is 13.6. The Hall–Kier alpha value is -3.80. The molecule has 11 heteroatoms. The zero-order chi connectivity index (χ0) is 28.9. The van der Waals surface area contributed by atoms with Crippen LogP contribution in [0.15, 0.2) is 59.5 Å². The maximum absolute atomic E-state index is 13.7. The van der Waals surface area contributed by atoms with Crippen molar-refractivity contribution in [1.29, 1.82) is 0 Å². The van der Waals surface area contributed by atoms with E-state index in [-0.39, 0.29) is 10.8 Å². The van der Waals surface area contributed by atoms with Gasteiger partial charge in [-0.3, -0.25) is 13.9 Å². The van der Waals surface area contributed by atoms with E-state index < -0.39 is 15.9 Å². The van der Waals surface area contributed by atoms with Crippen LogP contribution in [-0.4, -0.2) is 55.0 Å². The minimum absolute atomic E-state index is 0.126. The molecule has 0 spiro atoms. The van der Waals surface area contributed by atoms with Crippen molar-refractivity contribution in [3.05, 3.63) is 93.1 Å². The second-order valence-corrected chi connectivity index (χ2v) is 13.6. The highest BCUT2D eigenvalue weighted by atomic mass is 32.2. The number of nitrogens with zero attached hydrogens (tertiary/aromatic N) is 4. The van der Waals surface area contributed by atoms with Crippen LogP contribution in [0.3, 0.4) is 0 Å². The largest absolute Gasteiger partial charge is 0.313 e. The number of likely N-dealkylation sites (N-methyl/N-ethyl adjacent to an activating group) is 1. The van der Waals surface area contributed by atoms with E-state index in [1.165, 1.54) is 44.6 Å². The Labute approximate surface area is 243 Å². The monoisotopic (exact) mass is 589 g/mol. The fourth-order valence-electron chi connectivity index (χ4n) is 5.62. The second kappa shape index (κ2) is 10.6. The number of hydrogen-bond donors (Lipinski definition) is 1. The lowest BCUT2D eigenvalue weighted by molar-refractivity contribution is 0.0942. The van der Waals surface area contributed by atoms with Gasteiger partial charge in [0.2, 0.25) is 0 Å². The number of aryl methyl sites for hydroxylation is 3. The van der Waals surface area contributed by atoms with Gasteiger partial charge < -0.3 is 10.2 Å². The van der Waals surface area contributed by atoms with Gasteiger partial charge in [0.05, 0.1) is 21.8 Å². The summed E-state index contributed by atoms with van der Waals surface area (Å²) in [6, 6.07) is 15.4. The van der Waals surface area contributed by atoms with Gasteiger partial charge >= 0.3 is 0 Å². The average Bonchev–Trinajstić information content (AvgIpc) is 3.49. The summed E-state index contributed by atoms with van der Waals surface area (Å²) >= 11 is 1.41. The number of fused-ring (bicyclic) bond motifs is 2. The topological polar surface area (TPSA) is 105 Å². The average molecular weight is 590 g/mol. The summed E-state index contributed by atoms with van der Waals surface area (Å²) in [7, 11) is -1.76. The lowest BCUT2D eigenvalue weighted by atomic mass is 10.0. The highest BCUT2D eigenvalue weighted by Crippen LogP contribution is 2.38. The van der Waals surface area contributed by atoms with E-state index in [0.717, 1.165) is 46.8 Å². The molecule has 2 aliphatic heterocycles. The summed E-state index contributed by atoms with van der Waals surface area (Å²) < 4.78 is 29.9. The third-order valence-electron chi connectivity index (χ3n) is 7.66. The number of sulfonamides is 1. The number of hydrogen-bond acceptors (Lipinski definition) is 7. The van der Waals surface area contributed by atoms with E-state index in [4.69, 9.17) is 0 Å². The van der Waals surface area contributed by atoms with Gasteiger partial charge in [0, 0.05) is 35.8 Å². The molecule has 1 amide bonds. The summed E-state index contributed by atoms with van der Waals surface area (Å²) in [6.45, 7) is 5.59. The highest BCUT2D eigenvalue weighted by molar-refractivity contribution is 7.92. The fourth-order valence-corrected chi connectivity index (χ4v) is 8.47. The molecule has 1 N–H and O–H groups in total. The summed E-state index contributed by atoms with van der Waals surface area (Å²) in [5.41, 5.74) is 4.90. The number of benzene rings is 2. The molecule has 2 aromatic heterocycles. The summed E-state index contributed by atoms with van der Waals surface area (Å²) in [5.74, 6) is -0.678. The summed E-state index contributed by atoms with van der Waals surface area (Å²) in [6.07, 6.45) is 2.29. The zero-order valence-corrected chi connectivity index (χ0v) is 24.8. The Bertz CT molecular complexity index is 1770. The quantitative estimate of drug-likeness (QED) is 0.364. The van der Waals surface area contributed by atoms with Gasteiger partial charge in [-0.15, -0.1) is 11.3 Å². The minimum atomic E-state index is -3.79. The van der Waals surface area contributed by atoms with Crippen molar-refractivity contribution < 1.29 is 18.0 Å². The van der Waals surface area contributed by atoms with Gasteiger partial charge in [0.1, 0.15) is 5.00 Å². The van der Waals surface area contributed by atoms with Crippen LogP contribution in [0.1, 0.15) is 54.5 Å². The number of para-hydroxylation sites is 1. The Morgan fingerprint density at radius 2 is 1.76 bits per heavy atom. The molecule has 41 heavy (non-hydrogen) atoms. The second-order valence-electron chi connectivity index (χ2n) is 10.6. The number of aromatic nitrogens is 2. The molecule has 0 unspecified atom stereocenters. The lowest BCUT2D eigenvalue weighted by Crippen LogP contribution is -2.35. The van der Waals surface area contributed by atoms with Gasteiger partial charge in [-0.25, -0.2) is 13.1 Å². The van der Waals surface area contributed by atoms with Crippen LogP contribution in [0.5, 0.6) is 0 Å². The molecular weight excluding hydrogens is 558 g/mol. The molecule has 0 saturated heterocycles. The Morgan fingerprint density at radius 1 is 1.00 bits per heavy atom. The number of thiophene rings is 1. The van der Waals surface area contributed by atoms with Crippen molar-refractivity contribution >= 4 is 43.9 Å². The summed E-state index contributed by atoms with van der Waals surface area (Å²) in [4.78, 5) is 30.4. The van der Waals surface area contributed by atoms with E-state index in [9.17, 15) is 18.0 Å². The first-order valence-corrected chi connectivity index (χ1v) is 15.8. The predicted molar refractivity (Wildman–Crippen MR) is 159 cm³/mol. The van der Waals surface area contributed by atoms with Crippen molar-refractivity contribution in [3.8, 4) is 0 Å². The molecule has 2 aliphatic rings. The van der Waals surface area contributed by atoms with Crippen LogP contribution in [-0.2, 0) is 29.4 Å². The van der Waals surface area contributed by atoms with Gasteiger partial charge in [0.25, 0.3) is 21.8 Å². The maximum Gasteiger partial charge on any atom is 0.281 e. The van der Waals surface area contributed by atoms with Gasteiger partial charge in [-0.1, -0.05) is 18.2 Å². The van der Waals surface area contributed by atoms with E-state index in [0.29, 0.717) is 41.3 Å². The fraction of sp³-hybridized carbons (Fsp3) is 0.300. The third kappa shape index (κ3) is 4.98. The molecule has 6 rings (SSSR count). The highest BCUT2D eigenvalue weighted by Gasteiger charge is 2.31. The number of anilines is 2. The standard InChI is InChI=1S/C30H31N5O4S2/c1-19-17-20(2)35(32-19)30(37)27-24-14-16-33(3)18-26(24)40-29(27)31-28(36)22-10-12-23(13-11-22)41(38,39)34-15-6-8-21-7-4-5-9-25(21)34/h4-5,7,9-13,17H,6,8,14-16,18H2,1-3H3,(H,31,36). The van der Waals surface area contributed by atoms with E-state index >= 15 is 0 Å². The van der Waals surface area contributed by atoms with Crippen molar-refractivity contribution in [2.45, 2.75) is 44.6 Å². The Morgan fingerprint density at radius 3 is 2.49 bits per heavy atom. The van der Waals surface area contributed by atoms with Crippen LogP contribution in [0.4, 0.5) is 10.7 Å². The van der Waals surface area contributed by atoms with E-state index in [1.807, 2.05) is 51.2 Å². The lowest BCUT2D eigenvalue weighted by Gasteiger charge is -2.30. The van der Waals surface area contributed by atoms with Crippen LogP contribution in [0, 0.1) is 13.8 Å². The number of amides is 1. The Balaban J connectivity index is 1.28.